The lowest BCUT2D eigenvalue weighted by atomic mass is 10.1. The van der Waals surface area contributed by atoms with Crippen molar-refractivity contribution in [2.75, 3.05) is 0 Å². The number of hydrogen-bond acceptors (Lipinski definition) is 8. The second kappa shape index (κ2) is 13.9. The molecule has 0 unspecified atom stereocenters. The van der Waals surface area contributed by atoms with Gasteiger partial charge in [0.15, 0.2) is 37.9 Å². The van der Waals surface area contributed by atoms with Crippen LogP contribution in [0.3, 0.4) is 0 Å². The molecular formula is C24H22Cl2N2O8. The summed E-state index contributed by atoms with van der Waals surface area (Å²) in [6, 6.07) is 29.8. The van der Waals surface area contributed by atoms with E-state index < -0.39 is 20.5 Å². The first-order chi connectivity index (χ1) is 16.9. The number of halogens is 2. The van der Waals surface area contributed by atoms with Gasteiger partial charge in [-0.25, -0.2) is 46.4 Å². The van der Waals surface area contributed by atoms with Gasteiger partial charge in [-0.05, 0) is 11.1 Å². The minimum atomic E-state index is -4.94. The Labute approximate surface area is 211 Å². The Morgan fingerprint density at radius 2 is 0.667 bits per heavy atom. The van der Waals surface area contributed by atoms with Gasteiger partial charge in [-0.1, -0.05) is 60.7 Å². The van der Waals surface area contributed by atoms with Gasteiger partial charge in [0.25, 0.3) is 0 Å². The van der Waals surface area contributed by atoms with Gasteiger partial charge in [0.1, 0.15) is 0 Å². The van der Waals surface area contributed by atoms with Crippen LogP contribution in [0, 0.1) is 20.5 Å². The van der Waals surface area contributed by atoms with Crippen LogP contribution < -0.4 is 46.4 Å². The third kappa shape index (κ3) is 13.8. The Hall–Kier alpha value is -3.00. The third-order valence-corrected chi connectivity index (χ3v) is 4.53. The number of nitrogens with zero attached hydrogens (tertiary/aromatic N) is 2. The highest BCUT2D eigenvalue weighted by atomic mass is 35.7. The van der Waals surface area contributed by atoms with E-state index >= 15 is 0 Å². The molecule has 0 aliphatic carbocycles. The normalized spacial score (nSPS) is 11.0. The molecular weight excluding hydrogens is 515 g/mol. The fourth-order valence-electron chi connectivity index (χ4n) is 3.10. The molecule has 0 saturated carbocycles. The molecule has 36 heavy (non-hydrogen) atoms. The molecule has 2 aromatic carbocycles. The predicted octanol–water partition coefficient (Wildman–Crippen LogP) is -5.49. The van der Waals surface area contributed by atoms with Crippen LogP contribution >= 0.6 is 0 Å². The summed E-state index contributed by atoms with van der Waals surface area (Å²) in [7, 11) is -9.89. The third-order valence-electron chi connectivity index (χ3n) is 4.53. The van der Waals surface area contributed by atoms with Gasteiger partial charge in [-0.15, -0.1) is 20.5 Å². The minimum Gasteiger partial charge on any atom is -0.222 e. The van der Waals surface area contributed by atoms with Crippen LogP contribution in [0.15, 0.2) is 110 Å². The van der Waals surface area contributed by atoms with Crippen LogP contribution in [-0.4, -0.2) is 0 Å². The van der Waals surface area contributed by atoms with Crippen LogP contribution in [0.2, 0.25) is 0 Å². The largest absolute Gasteiger partial charge is 0.222 e. The monoisotopic (exact) mass is 536 g/mol. The second-order valence-electron chi connectivity index (χ2n) is 7.25. The van der Waals surface area contributed by atoms with Crippen molar-refractivity contribution >= 4 is 0 Å². The molecule has 10 nitrogen and oxygen atoms in total. The Morgan fingerprint density at radius 3 is 0.917 bits per heavy atom. The fourth-order valence-corrected chi connectivity index (χ4v) is 3.10. The van der Waals surface area contributed by atoms with E-state index in [0.29, 0.717) is 0 Å². The molecule has 2 heterocycles. The van der Waals surface area contributed by atoms with Crippen LogP contribution in [0.1, 0.15) is 11.1 Å². The van der Waals surface area contributed by atoms with Crippen LogP contribution in [-0.2, 0) is 13.1 Å². The molecule has 0 radical (unpaired) electrons. The van der Waals surface area contributed by atoms with Crippen LogP contribution in [0.4, 0.5) is 0 Å². The number of hydrogen-bond donors (Lipinski definition) is 0. The van der Waals surface area contributed by atoms with E-state index in [0.717, 1.165) is 13.1 Å². The summed E-state index contributed by atoms with van der Waals surface area (Å²) in [6.45, 7) is 1.79. The molecule has 0 N–H and O–H groups in total. The van der Waals surface area contributed by atoms with Gasteiger partial charge in [0.2, 0.25) is 0 Å². The van der Waals surface area contributed by atoms with Crippen molar-refractivity contribution < 1.29 is 66.9 Å². The van der Waals surface area contributed by atoms with Crippen molar-refractivity contribution in [2.45, 2.75) is 13.1 Å². The quantitative estimate of drug-likeness (QED) is 0.225. The lowest BCUT2D eigenvalue weighted by Gasteiger charge is -2.17. The molecule has 190 valence electrons. The van der Waals surface area contributed by atoms with Crippen molar-refractivity contribution in [3.05, 3.63) is 121 Å². The molecule has 0 aliphatic rings. The summed E-state index contributed by atoms with van der Waals surface area (Å²) in [5.41, 5.74) is 5.10. The lowest BCUT2D eigenvalue weighted by Crippen LogP contribution is -2.68. The Balaban J connectivity index is 0.000000389. The second-order valence-corrected chi connectivity index (χ2v) is 8.76. The maximum atomic E-state index is 8.49. The highest BCUT2D eigenvalue weighted by Gasteiger charge is 2.07. The Morgan fingerprint density at radius 1 is 0.417 bits per heavy atom. The van der Waals surface area contributed by atoms with Crippen molar-refractivity contribution in [3.8, 4) is 11.1 Å². The first-order valence-electron chi connectivity index (χ1n) is 10.2. The van der Waals surface area contributed by atoms with Gasteiger partial charge >= 0.3 is 0 Å². The number of aromatic nitrogens is 2. The van der Waals surface area contributed by atoms with E-state index in [1.165, 1.54) is 22.3 Å². The van der Waals surface area contributed by atoms with E-state index in [1.807, 2.05) is 0 Å². The average molecular weight is 537 g/mol. The maximum absolute atomic E-state index is 8.49. The van der Waals surface area contributed by atoms with Crippen molar-refractivity contribution in [3.63, 3.8) is 0 Å². The van der Waals surface area contributed by atoms with Crippen molar-refractivity contribution in [1.29, 1.82) is 0 Å². The fraction of sp³-hybridized carbons (Fsp3) is 0.0833. The summed E-state index contributed by atoms with van der Waals surface area (Å²) in [4.78, 5) is 0. The number of benzene rings is 2. The van der Waals surface area contributed by atoms with Crippen LogP contribution in [0.25, 0.3) is 11.1 Å². The SMILES string of the molecule is [O-][Cl+3]([O-])([O-])[O-].[O-][Cl+3]([O-])([O-])[O-].c1ccc(C[n+]2ccc(-c3cc[n+](Cc4ccccc4)cc3)cc2)cc1. The van der Waals surface area contributed by atoms with E-state index in [9.17, 15) is 0 Å². The first-order valence-corrected chi connectivity index (χ1v) is 12.6. The highest BCUT2D eigenvalue weighted by molar-refractivity contribution is 5.60. The zero-order valence-electron chi connectivity index (χ0n) is 18.7. The number of rotatable bonds is 5. The molecule has 0 amide bonds. The van der Waals surface area contributed by atoms with Gasteiger partial charge in [0, 0.05) is 35.4 Å². The van der Waals surface area contributed by atoms with Crippen molar-refractivity contribution in [1.82, 2.24) is 0 Å². The summed E-state index contributed by atoms with van der Waals surface area (Å²) < 4.78 is 72.4. The molecule has 12 heteroatoms. The average Bonchev–Trinajstić information content (AvgIpc) is 2.79. The molecule has 0 aliphatic heterocycles. The van der Waals surface area contributed by atoms with Gasteiger partial charge in [-0.2, -0.15) is 0 Å². The summed E-state index contributed by atoms with van der Waals surface area (Å²) in [6.07, 6.45) is 8.58. The topological polar surface area (TPSA) is 192 Å². The highest BCUT2D eigenvalue weighted by Crippen LogP contribution is 2.15. The Kier molecular flexibility index (Phi) is 11.3. The molecule has 4 rings (SSSR count). The molecule has 0 bridgehead atoms. The minimum absolute atomic E-state index is 0.896. The first kappa shape index (κ1) is 29.2. The lowest BCUT2D eigenvalue weighted by molar-refractivity contribution is -2.00. The molecule has 0 saturated heterocycles. The van der Waals surface area contributed by atoms with Crippen molar-refractivity contribution in [2.24, 2.45) is 0 Å². The molecule has 0 spiro atoms. The molecule has 2 aromatic heterocycles. The summed E-state index contributed by atoms with van der Waals surface area (Å²) in [5, 5.41) is 0. The molecule has 4 aromatic rings. The van der Waals surface area contributed by atoms with Gasteiger partial charge in [0.05, 0.1) is 0 Å². The smallest absolute Gasteiger partial charge is 0.173 e. The van der Waals surface area contributed by atoms with E-state index in [4.69, 9.17) is 37.3 Å². The van der Waals surface area contributed by atoms with E-state index in [-0.39, 0.29) is 0 Å². The van der Waals surface area contributed by atoms with E-state index in [1.54, 1.807) is 0 Å². The van der Waals surface area contributed by atoms with E-state index in [2.05, 4.69) is 119 Å². The number of pyridine rings is 2. The van der Waals surface area contributed by atoms with Gasteiger partial charge < -0.3 is 0 Å². The summed E-state index contributed by atoms with van der Waals surface area (Å²) in [5.74, 6) is 0. The zero-order valence-corrected chi connectivity index (χ0v) is 20.2. The maximum Gasteiger partial charge on any atom is 0.173 e. The summed E-state index contributed by atoms with van der Waals surface area (Å²) >= 11 is 0. The molecule has 0 atom stereocenters. The zero-order chi connectivity index (χ0) is 26.6. The Bertz CT molecular complexity index is 1050. The standard InChI is InChI=1S/C24H22N2.2ClHO4/c1-3-7-21(8-4-1)19-25-15-11-23(12-16-25)24-13-17-26(18-14-24)20-22-9-5-2-6-10-22;2*2-1(3,4)5/h1-18H,19-20H2;2*(H,2,3,4,5)/q+2;;/p-2. The van der Waals surface area contributed by atoms with Gasteiger partial charge in [-0.3, -0.25) is 0 Å². The predicted molar refractivity (Wildman–Crippen MR) is 103 cm³/mol. The van der Waals surface area contributed by atoms with Crippen LogP contribution in [0.5, 0.6) is 0 Å². The molecule has 0 fully saturated rings.